The van der Waals surface area contributed by atoms with Crippen LogP contribution in [0.15, 0.2) is 36.8 Å². The Bertz CT molecular complexity index is 533. The minimum Gasteiger partial charge on any atom is -0.396 e. The van der Waals surface area contributed by atoms with Gasteiger partial charge < -0.3 is 21.3 Å². The van der Waals surface area contributed by atoms with E-state index in [1.807, 2.05) is 12.1 Å². The summed E-state index contributed by atoms with van der Waals surface area (Å²) < 4.78 is 0. The standard InChI is InChI=1S/C13H16N4O2/c14-12-5-10(9-1-3-15-4-2-9)6-16-13(12)17-7-11(19)8-18/h1-6,11,18-19H,7-8,14H2,(H,16,17). The van der Waals surface area contributed by atoms with Gasteiger partial charge in [-0.15, -0.1) is 0 Å². The monoisotopic (exact) mass is 260 g/mol. The lowest BCUT2D eigenvalue weighted by atomic mass is 10.1. The highest BCUT2D eigenvalue weighted by Gasteiger charge is 2.06. The summed E-state index contributed by atoms with van der Waals surface area (Å²) in [5.74, 6) is 0.491. The number of nitrogen functional groups attached to an aromatic ring is 1. The summed E-state index contributed by atoms with van der Waals surface area (Å²) in [4.78, 5) is 8.17. The molecule has 100 valence electrons. The van der Waals surface area contributed by atoms with Crippen molar-refractivity contribution in [3.05, 3.63) is 36.8 Å². The van der Waals surface area contributed by atoms with Crippen molar-refractivity contribution >= 4 is 11.5 Å². The number of hydrogen-bond donors (Lipinski definition) is 4. The Balaban J connectivity index is 2.13. The van der Waals surface area contributed by atoms with Crippen molar-refractivity contribution in [1.82, 2.24) is 9.97 Å². The first-order valence-electron chi connectivity index (χ1n) is 5.89. The fraction of sp³-hybridized carbons (Fsp3) is 0.231. The number of aliphatic hydroxyl groups is 2. The molecule has 0 saturated carbocycles. The molecule has 19 heavy (non-hydrogen) atoms. The highest BCUT2D eigenvalue weighted by Crippen LogP contribution is 2.23. The van der Waals surface area contributed by atoms with Gasteiger partial charge in [0.25, 0.3) is 0 Å². The van der Waals surface area contributed by atoms with Gasteiger partial charge in [-0.05, 0) is 23.8 Å². The summed E-state index contributed by atoms with van der Waals surface area (Å²) in [5.41, 5.74) is 8.27. The van der Waals surface area contributed by atoms with Gasteiger partial charge in [0.15, 0.2) is 0 Å². The van der Waals surface area contributed by atoms with E-state index in [1.165, 1.54) is 0 Å². The molecule has 0 aliphatic carbocycles. The lowest BCUT2D eigenvalue weighted by molar-refractivity contribution is 0.105. The van der Waals surface area contributed by atoms with Crippen LogP contribution in [0.5, 0.6) is 0 Å². The zero-order chi connectivity index (χ0) is 13.7. The minimum atomic E-state index is -0.832. The summed E-state index contributed by atoms with van der Waals surface area (Å²) in [7, 11) is 0. The Hall–Kier alpha value is -2.18. The van der Waals surface area contributed by atoms with Crippen molar-refractivity contribution in [1.29, 1.82) is 0 Å². The van der Waals surface area contributed by atoms with Crippen molar-refractivity contribution < 1.29 is 10.2 Å². The molecule has 0 aliphatic heterocycles. The molecule has 0 saturated heterocycles. The summed E-state index contributed by atoms with van der Waals surface area (Å²) in [5, 5.41) is 20.9. The highest BCUT2D eigenvalue weighted by atomic mass is 16.3. The maximum Gasteiger partial charge on any atom is 0.149 e. The number of nitrogens with two attached hydrogens (primary N) is 1. The van der Waals surface area contributed by atoms with E-state index in [1.54, 1.807) is 24.7 Å². The molecule has 6 heteroatoms. The largest absolute Gasteiger partial charge is 0.396 e. The molecule has 1 unspecified atom stereocenters. The Morgan fingerprint density at radius 3 is 2.63 bits per heavy atom. The van der Waals surface area contributed by atoms with Gasteiger partial charge in [0.05, 0.1) is 18.4 Å². The van der Waals surface area contributed by atoms with Gasteiger partial charge in [0.1, 0.15) is 5.82 Å². The number of aromatic nitrogens is 2. The fourth-order valence-corrected chi connectivity index (χ4v) is 1.61. The normalized spacial score (nSPS) is 12.1. The van der Waals surface area contributed by atoms with Crippen LogP contribution in [-0.4, -0.2) is 39.4 Å². The number of hydrogen-bond acceptors (Lipinski definition) is 6. The molecule has 2 aromatic heterocycles. The quantitative estimate of drug-likeness (QED) is 0.623. The van der Waals surface area contributed by atoms with Crippen LogP contribution in [0.1, 0.15) is 0 Å². The number of pyridine rings is 2. The van der Waals surface area contributed by atoms with Crippen molar-refractivity contribution in [2.45, 2.75) is 6.10 Å². The van der Waals surface area contributed by atoms with Crippen LogP contribution in [0, 0.1) is 0 Å². The molecule has 2 rings (SSSR count). The molecule has 1 atom stereocenters. The van der Waals surface area contributed by atoms with Crippen LogP contribution in [-0.2, 0) is 0 Å². The number of anilines is 2. The van der Waals surface area contributed by atoms with Crippen molar-refractivity contribution in [3.8, 4) is 11.1 Å². The maximum atomic E-state index is 9.25. The number of nitrogens with zero attached hydrogens (tertiary/aromatic N) is 2. The number of nitrogens with one attached hydrogen (secondary N) is 1. The Morgan fingerprint density at radius 2 is 2.00 bits per heavy atom. The van der Waals surface area contributed by atoms with Gasteiger partial charge in [-0.1, -0.05) is 0 Å². The number of aliphatic hydroxyl groups excluding tert-OH is 2. The molecule has 0 aromatic carbocycles. The zero-order valence-electron chi connectivity index (χ0n) is 10.3. The third kappa shape index (κ3) is 3.40. The first-order valence-corrected chi connectivity index (χ1v) is 5.89. The van der Waals surface area contributed by atoms with E-state index in [2.05, 4.69) is 15.3 Å². The first kappa shape index (κ1) is 13.3. The van der Waals surface area contributed by atoms with Gasteiger partial charge >= 0.3 is 0 Å². The van der Waals surface area contributed by atoms with Gasteiger partial charge in [-0.3, -0.25) is 4.98 Å². The average molecular weight is 260 g/mol. The van der Waals surface area contributed by atoms with Crippen LogP contribution < -0.4 is 11.1 Å². The van der Waals surface area contributed by atoms with E-state index < -0.39 is 6.10 Å². The van der Waals surface area contributed by atoms with Crippen molar-refractivity contribution in [2.75, 3.05) is 24.2 Å². The summed E-state index contributed by atoms with van der Waals surface area (Å²) in [6, 6.07) is 5.55. The van der Waals surface area contributed by atoms with Crippen molar-refractivity contribution in [2.24, 2.45) is 0 Å². The third-order valence-corrected chi connectivity index (χ3v) is 2.65. The van der Waals surface area contributed by atoms with E-state index in [0.29, 0.717) is 11.5 Å². The SMILES string of the molecule is Nc1cc(-c2ccncc2)cnc1NCC(O)CO. The van der Waals surface area contributed by atoms with Crippen LogP contribution in [0.25, 0.3) is 11.1 Å². The lowest BCUT2D eigenvalue weighted by Crippen LogP contribution is -2.23. The molecule has 6 nitrogen and oxygen atoms in total. The summed E-state index contributed by atoms with van der Waals surface area (Å²) in [6.07, 6.45) is 4.27. The molecule has 0 radical (unpaired) electrons. The average Bonchev–Trinajstić information content (AvgIpc) is 2.46. The van der Waals surface area contributed by atoms with Gasteiger partial charge in [0, 0.05) is 30.7 Å². The Morgan fingerprint density at radius 1 is 1.26 bits per heavy atom. The van der Waals surface area contributed by atoms with Gasteiger partial charge in [-0.2, -0.15) is 0 Å². The summed E-state index contributed by atoms with van der Waals surface area (Å²) in [6.45, 7) is -0.107. The molecule has 0 spiro atoms. The number of rotatable bonds is 5. The molecule has 2 aromatic rings. The zero-order valence-corrected chi connectivity index (χ0v) is 10.3. The van der Waals surface area contributed by atoms with Crippen LogP contribution in [0.4, 0.5) is 11.5 Å². The summed E-state index contributed by atoms with van der Waals surface area (Å²) >= 11 is 0. The van der Waals surface area contributed by atoms with E-state index in [9.17, 15) is 5.11 Å². The highest BCUT2D eigenvalue weighted by molar-refractivity contribution is 5.72. The second-order valence-electron chi connectivity index (χ2n) is 4.12. The third-order valence-electron chi connectivity index (χ3n) is 2.65. The van der Waals surface area contributed by atoms with Gasteiger partial charge in [-0.25, -0.2) is 4.98 Å². The van der Waals surface area contributed by atoms with Crippen LogP contribution in [0.2, 0.25) is 0 Å². The molecule has 0 fully saturated rings. The van der Waals surface area contributed by atoms with E-state index in [4.69, 9.17) is 10.8 Å². The van der Waals surface area contributed by atoms with E-state index >= 15 is 0 Å². The molecule has 0 bridgehead atoms. The Labute approximate surface area is 111 Å². The first-order chi connectivity index (χ1) is 9.20. The van der Waals surface area contributed by atoms with Crippen LogP contribution in [0.3, 0.4) is 0 Å². The maximum absolute atomic E-state index is 9.25. The second-order valence-corrected chi connectivity index (χ2v) is 4.12. The minimum absolute atomic E-state index is 0.197. The molecule has 0 amide bonds. The lowest BCUT2D eigenvalue weighted by Gasteiger charge is -2.12. The molecular weight excluding hydrogens is 244 g/mol. The molecular formula is C13H16N4O2. The van der Waals surface area contributed by atoms with Crippen molar-refractivity contribution in [3.63, 3.8) is 0 Å². The van der Waals surface area contributed by atoms with Gasteiger partial charge in [0.2, 0.25) is 0 Å². The predicted octanol–water partition coefficient (Wildman–Crippen LogP) is 0.491. The fourth-order valence-electron chi connectivity index (χ4n) is 1.61. The molecule has 0 aliphatic rings. The second kappa shape index (κ2) is 6.12. The topological polar surface area (TPSA) is 104 Å². The Kier molecular flexibility index (Phi) is 4.27. The van der Waals surface area contributed by atoms with E-state index in [-0.39, 0.29) is 13.2 Å². The smallest absolute Gasteiger partial charge is 0.149 e. The molecule has 5 N–H and O–H groups in total. The predicted molar refractivity (Wildman–Crippen MR) is 73.5 cm³/mol. The van der Waals surface area contributed by atoms with Crippen LogP contribution >= 0.6 is 0 Å². The molecule has 2 heterocycles. The van der Waals surface area contributed by atoms with E-state index in [0.717, 1.165) is 11.1 Å².